The smallest absolute Gasteiger partial charge is 0.0526 e. The van der Waals surface area contributed by atoms with Gasteiger partial charge in [-0.1, -0.05) is 13.8 Å². The Balaban J connectivity index is 2.44. The summed E-state index contributed by atoms with van der Waals surface area (Å²) < 4.78 is 0. The van der Waals surface area contributed by atoms with Crippen LogP contribution in [-0.2, 0) is 0 Å². The molecule has 0 fully saturated rings. The second-order valence-electron chi connectivity index (χ2n) is 3.92. The highest BCUT2D eigenvalue weighted by Gasteiger charge is 2.15. The summed E-state index contributed by atoms with van der Waals surface area (Å²) in [5.74, 6) is 0. The number of hydrogen-bond donors (Lipinski definition) is 2. The van der Waals surface area contributed by atoms with Crippen molar-refractivity contribution in [2.45, 2.75) is 13.8 Å². The van der Waals surface area contributed by atoms with Crippen molar-refractivity contribution in [3.63, 3.8) is 0 Å². The third-order valence-corrected chi connectivity index (χ3v) is 1.86. The first kappa shape index (κ1) is 9.99. The minimum atomic E-state index is -0.0875. The van der Waals surface area contributed by atoms with E-state index in [-0.39, 0.29) is 12.0 Å². The maximum atomic E-state index is 9.02. The van der Waals surface area contributed by atoms with Gasteiger partial charge in [0.1, 0.15) is 0 Å². The fourth-order valence-corrected chi connectivity index (χ4v) is 0.865. The summed E-state index contributed by atoms with van der Waals surface area (Å²) in [6, 6.07) is 3.84. The van der Waals surface area contributed by atoms with E-state index in [1.54, 1.807) is 12.4 Å². The van der Waals surface area contributed by atoms with Crippen LogP contribution in [0.15, 0.2) is 24.5 Å². The van der Waals surface area contributed by atoms with Gasteiger partial charge in [-0.2, -0.15) is 0 Å². The number of pyridine rings is 1. The Hall–Kier alpha value is -1.09. The lowest BCUT2D eigenvalue weighted by atomic mass is 9.95. The van der Waals surface area contributed by atoms with Crippen LogP contribution >= 0.6 is 0 Å². The molecule has 0 aromatic carbocycles. The number of nitrogens with one attached hydrogen (secondary N) is 1. The molecule has 1 aromatic heterocycles. The lowest BCUT2D eigenvalue weighted by Crippen LogP contribution is -2.26. The minimum absolute atomic E-state index is 0.0875. The van der Waals surface area contributed by atoms with E-state index in [9.17, 15) is 0 Å². The zero-order valence-corrected chi connectivity index (χ0v) is 8.12. The number of aliphatic hydroxyl groups is 1. The molecule has 0 amide bonds. The highest BCUT2D eigenvalue weighted by atomic mass is 16.3. The molecule has 0 radical (unpaired) electrons. The van der Waals surface area contributed by atoms with Gasteiger partial charge in [-0.3, -0.25) is 4.98 Å². The number of rotatable bonds is 4. The van der Waals surface area contributed by atoms with E-state index in [1.807, 2.05) is 26.0 Å². The fraction of sp³-hybridized carbons (Fsp3) is 0.500. The standard InChI is InChI=1S/C10H16N2O/c1-10(2,8-13)7-12-9-4-3-5-11-6-9/h3-6,12-13H,7-8H2,1-2H3. The van der Waals surface area contributed by atoms with E-state index in [0.29, 0.717) is 0 Å². The lowest BCUT2D eigenvalue weighted by molar-refractivity contribution is 0.171. The number of aliphatic hydroxyl groups excluding tert-OH is 1. The van der Waals surface area contributed by atoms with E-state index in [0.717, 1.165) is 12.2 Å². The SMILES string of the molecule is CC(C)(CO)CNc1cccnc1. The van der Waals surface area contributed by atoms with Crippen LogP contribution in [0, 0.1) is 5.41 Å². The molecule has 0 aliphatic heterocycles. The number of aromatic nitrogens is 1. The van der Waals surface area contributed by atoms with Crippen molar-refractivity contribution in [3.8, 4) is 0 Å². The largest absolute Gasteiger partial charge is 0.396 e. The summed E-state index contributed by atoms with van der Waals surface area (Å²) in [5, 5.41) is 12.2. The van der Waals surface area contributed by atoms with Crippen LogP contribution < -0.4 is 5.32 Å². The first-order chi connectivity index (χ1) is 6.14. The molecule has 3 heteroatoms. The van der Waals surface area contributed by atoms with Crippen molar-refractivity contribution >= 4 is 5.69 Å². The van der Waals surface area contributed by atoms with Gasteiger partial charge in [0.15, 0.2) is 0 Å². The third kappa shape index (κ3) is 3.42. The summed E-state index contributed by atoms with van der Waals surface area (Å²) in [6.45, 7) is 4.95. The van der Waals surface area contributed by atoms with Gasteiger partial charge in [0.2, 0.25) is 0 Å². The van der Waals surface area contributed by atoms with Crippen LogP contribution in [0.2, 0.25) is 0 Å². The quantitative estimate of drug-likeness (QED) is 0.738. The molecular formula is C10H16N2O. The fourth-order valence-electron chi connectivity index (χ4n) is 0.865. The predicted molar refractivity (Wildman–Crippen MR) is 53.6 cm³/mol. The second-order valence-corrected chi connectivity index (χ2v) is 3.92. The van der Waals surface area contributed by atoms with Crippen molar-refractivity contribution in [1.82, 2.24) is 4.98 Å². The van der Waals surface area contributed by atoms with Crippen LogP contribution in [0.1, 0.15) is 13.8 Å². The molecule has 0 aliphatic carbocycles. The first-order valence-electron chi connectivity index (χ1n) is 4.39. The molecule has 0 aliphatic rings. The Morgan fingerprint density at radius 1 is 1.54 bits per heavy atom. The monoisotopic (exact) mass is 180 g/mol. The molecule has 1 heterocycles. The van der Waals surface area contributed by atoms with Gasteiger partial charge < -0.3 is 10.4 Å². The highest BCUT2D eigenvalue weighted by molar-refractivity contribution is 5.39. The Kier molecular flexibility index (Phi) is 3.25. The molecule has 0 saturated carbocycles. The Bertz CT molecular complexity index is 246. The second kappa shape index (κ2) is 4.23. The van der Waals surface area contributed by atoms with E-state index in [1.165, 1.54) is 0 Å². The Labute approximate surface area is 78.8 Å². The van der Waals surface area contributed by atoms with Crippen molar-refractivity contribution in [2.75, 3.05) is 18.5 Å². The zero-order chi connectivity index (χ0) is 9.73. The van der Waals surface area contributed by atoms with Gasteiger partial charge in [-0.15, -0.1) is 0 Å². The van der Waals surface area contributed by atoms with E-state index in [2.05, 4.69) is 10.3 Å². The summed E-state index contributed by atoms with van der Waals surface area (Å²) in [4.78, 5) is 3.99. The Morgan fingerprint density at radius 2 is 2.31 bits per heavy atom. The normalized spacial score (nSPS) is 11.3. The summed E-state index contributed by atoms with van der Waals surface area (Å²) in [6.07, 6.45) is 3.51. The van der Waals surface area contributed by atoms with Gasteiger partial charge in [-0.25, -0.2) is 0 Å². The average Bonchev–Trinajstić information content (AvgIpc) is 2.17. The molecule has 0 saturated heterocycles. The molecule has 1 rings (SSSR count). The first-order valence-corrected chi connectivity index (χ1v) is 4.39. The molecule has 0 atom stereocenters. The number of anilines is 1. The van der Waals surface area contributed by atoms with Crippen LogP contribution in [-0.4, -0.2) is 23.2 Å². The van der Waals surface area contributed by atoms with Crippen molar-refractivity contribution in [1.29, 1.82) is 0 Å². The molecule has 2 N–H and O–H groups in total. The van der Waals surface area contributed by atoms with E-state index >= 15 is 0 Å². The molecule has 0 spiro atoms. The van der Waals surface area contributed by atoms with Crippen LogP contribution in [0.25, 0.3) is 0 Å². The number of nitrogens with zero attached hydrogens (tertiary/aromatic N) is 1. The van der Waals surface area contributed by atoms with Gasteiger partial charge in [-0.05, 0) is 12.1 Å². The maximum absolute atomic E-state index is 9.02. The van der Waals surface area contributed by atoms with Crippen molar-refractivity contribution < 1.29 is 5.11 Å². The van der Waals surface area contributed by atoms with Crippen molar-refractivity contribution in [2.24, 2.45) is 5.41 Å². The van der Waals surface area contributed by atoms with Gasteiger partial charge in [0.05, 0.1) is 5.69 Å². The van der Waals surface area contributed by atoms with Gasteiger partial charge in [0, 0.05) is 31.0 Å². The predicted octanol–water partition coefficient (Wildman–Crippen LogP) is 1.51. The molecule has 3 nitrogen and oxygen atoms in total. The molecule has 72 valence electrons. The molecule has 0 bridgehead atoms. The van der Waals surface area contributed by atoms with Crippen LogP contribution in [0.3, 0.4) is 0 Å². The number of hydrogen-bond acceptors (Lipinski definition) is 3. The van der Waals surface area contributed by atoms with Crippen LogP contribution in [0.4, 0.5) is 5.69 Å². The molecular weight excluding hydrogens is 164 g/mol. The minimum Gasteiger partial charge on any atom is -0.396 e. The Morgan fingerprint density at radius 3 is 2.85 bits per heavy atom. The van der Waals surface area contributed by atoms with Gasteiger partial charge in [0.25, 0.3) is 0 Å². The summed E-state index contributed by atoms with van der Waals surface area (Å²) >= 11 is 0. The van der Waals surface area contributed by atoms with E-state index < -0.39 is 0 Å². The highest BCUT2D eigenvalue weighted by Crippen LogP contribution is 2.14. The molecule has 0 unspecified atom stereocenters. The molecule has 1 aromatic rings. The van der Waals surface area contributed by atoms with Crippen molar-refractivity contribution in [3.05, 3.63) is 24.5 Å². The van der Waals surface area contributed by atoms with Gasteiger partial charge >= 0.3 is 0 Å². The lowest BCUT2D eigenvalue weighted by Gasteiger charge is -2.22. The van der Waals surface area contributed by atoms with E-state index in [4.69, 9.17) is 5.11 Å². The average molecular weight is 180 g/mol. The summed E-state index contributed by atoms with van der Waals surface area (Å²) in [5.41, 5.74) is 0.902. The maximum Gasteiger partial charge on any atom is 0.0526 e. The zero-order valence-electron chi connectivity index (χ0n) is 8.12. The molecule has 13 heavy (non-hydrogen) atoms. The topological polar surface area (TPSA) is 45.1 Å². The summed E-state index contributed by atoms with van der Waals surface area (Å²) in [7, 11) is 0. The van der Waals surface area contributed by atoms with Crippen LogP contribution in [0.5, 0.6) is 0 Å². The third-order valence-electron chi connectivity index (χ3n) is 1.86.